The van der Waals surface area contributed by atoms with Crippen LogP contribution in [-0.4, -0.2) is 52.5 Å². The molecule has 10 heteroatoms. The Morgan fingerprint density at radius 2 is 1.37 bits per heavy atom. The highest BCUT2D eigenvalue weighted by Crippen LogP contribution is 2.32. The van der Waals surface area contributed by atoms with E-state index in [1.807, 2.05) is 48.7 Å². The van der Waals surface area contributed by atoms with Gasteiger partial charge in [-0.3, -0.25) is 4.79 Å². The van der Waals surface area contributed by atoms with Crippen molar-refractivity contribution >= 4 is 17.6 Å². The molecule has 3 amide bonds. The van der Waals surface area contributed by atoms with Gasteiger partial charge < -0.3 is 19.7 Å². The molecule has 1 aromatic heterocycles. The minimum Gasteiger partial charge on any atom is -0.335 e. The van der Waals surface area contributed by atoms with Gasteiger partial charge in [-0.25, -0.2) is 9.18 Å². The molecule has 5 rings (SSSR count). The van der Waals surface area contributed by atoms with Gasteiger partial charge in [-0.15, -0.1) is 0 Å². The van der Waals surface area contributed by atoms with E-state index in [9.17, 15) is 27.2 Å². The lowest BCUT2D eigenvalue weighted by Gasteiger charge is -2.34. The first-order valence-electron chi connectivity index (χ1n) is 13.1. The van der Waals surface area contributed by atoms with Crippen LogP contribution in [0, 0.1) is 19.7 Å². The second-order valence-corrected chi connectivity index (χ2v) is 9.99. The molecular formula is C31H28F4N4O2. The van der Waals surface area contributed by atoms with Gasteiger partial charge in [-0.1, -0.05) is 17.7 Å². The summed E-state index contributed by atoms with van der Waals surface area (Å²) >= 11 is 0. The van der Waals surface area contributed by atoms with Gasteiger partial charge in [0, 0.05) is 43.2 Å². The molecule has 0 aliphatic carbocycles. The van der Waals surface area contributed by atoms with Crippen molar-refractivity contribution in [2.24, 2.45) is 0 Å². The number of anilines is 1. The van der Waals surface area contributed by atoms with Crippen molar-refractivity contribution in [2.45, 2.75) is 20.0 Å². The summed E-state index contributed by atoms with van der Waals surface area (Å²) in [5.41, 5.74) is 4.19. The number of amides is 3. The van der Waals surface area contributed by atoms with Crippen LogP contribution in [0.3, 0.4) is 0 Å². The molecule has 3 aromatic carbocycles. The third-order valence-corrected chi connectivity index (χ3v) is 7.23. The fourth-order valence-corrected chi connectivity index (χ4v) is 4.91. The van der Waals surface area contributed by atoms with Crippen molar-refractivity contribution in [3.05, 3.63) is 107 Å². The summed E-state index contributed by atoms with van der Waals surface area (Å²) in [5.74, 6) is -0.532. The number of aryl methyl sites for hydroxylation is 1. The Labute approximate surface area is 234 Å². The highest BCUT2D eigenvalue weighted by Gasteiger charge is 2.31. The number of nitrogens with zero attached hydrogens (tertiary/aromatic N) is 3. The Kier molecular flexibility index (Phi) is 7.57. The van der Waals surface area contributed by atoms with Crippen molar-refractivity contribution in [2.75, 3.05) is 31.5 Å². The Hall–Kier alpha value is -4.60. The number of nitrogens with one attached hydrogen (secondary N) is 1. The molecule has 4 aromatic rings. The third-order valence-electron chi connectivity index (χ3n) is 7.23. The molecule has 1 aliphatic heterocycles. The first-order chi connectivity index (χ1) is 19.5. The van der Waals surface area contributed by atoms with E-state index in [0.29, 0.717) is 18.7 Å². The smallest absolute Gasteiger partial charge is 0.335 e. The largest absolute Gasteiger partial charge is 0.416 e. The van der Waals surface area contributed by atoms with Crippen LogP contribution < -0.4 is 5.32 Å². The maximum absolute atomic E-state index is 13.7. The molecule has 0 bridgehead atoms. The van der Waals surface area contributed by atoms with Crippen molar-refractivity contribution in [3.63, 3.8) is 0 Å². The van der Waals surface area contributed by atoms with Crippen LogP contribution in [0.1, 0.15) is 27.2 Å². The van der Waals surface area contributed by atoms with Gasteiger partial charge in [0.2, 0.25) is 0 Å². The first kappa shape index (κ1) is 27.9. The average molecular weight is 565 g/mol. The van der Waals surface area contributed by atoms with Gasteiger partial charge in [0.1, 0.15) is 5.82 Å². The predicted octanol–water partition coefficient (Wildman–Crippen LogP) is 6.91. The van der Waals surface area contributed by atoms with Gasteiger partial charge >= 0.3 is 12.2 Å². The Morgan fingerprint density at radius 3 is 1.95 bits per heavy atom. The van der Waals surface area contributed by atoms with Crippen molar-refractivity contribution in [1.29, 1.82) is 0 Å². The number of rotatable bonds is 4. The van der Waals surface area contributed by atoms with Crippen LogP contribution in [0.15, 0.2) is 78.9 Å². The van der Waals surface area contributed by atoms with Crippen LogP contribution in [0.4, 0.5) is 28.0 Å². The minimum atomic E-state index is -4.45. The van der Waals surface area contributed by atoms with Gasteiger partial charge in [-0.05, 0) is 86.1 Å². The van der Waals surface area contributed by atoms with E-state index < -0.39 is 17.8 Å². The van der Waals surface area contributed by atoms with Crippen molar-refractivity contribution < 1.29 is 27.2 Å². The summed E-state index contributed by atoms with van der Waals surface area (Å²) in [6, 6.07) is 19.6. The van der Waals surface area contributed by atoms with Crippen molar-refractivity contribution in [1.82, 2.24) is 14.4 Å². The Bertz CT molecular complexity index is 1550. The number of carbonyl (C=O) groups excluding carboxylic acids is 2. The predicted molar refractivity (Wildman–Crippen MR) is 149 cm³/mol. The molecule has 0 atom stereocenters. The molecule has 6 nitrogen and oxygen atoms in total. The molecule has 0 radical (unpaired) electrons. The lowest BCUT2D eigenvalue weighted by atomic mass is 10.1. The number of hydrogen-bond acceptors (Lipinski definition) is 2. The zero-order valence-electron chi connectivity index (χ0n) is 22.5. The molecule has 1 fully saturated rings. The molecule has 0 unspecified atom stereocenters. The fraction of sp³-hybridized carbons (Fsp3) is 0.226. The van der Waals surface area contributed by atoms with Crippen molar-refractivity contribution in [3.8, 4) is 16.9 Å². The molecule has 1 aliphatic rings. The number of halogens is 4. The summed E-state index contributed by atoms with van der Waals surface area (Å²) in [5, 5.41) is 2.62. The lowest BCUT2D eigenvalue weighted by molar-refractivity contribution is -0.137. The zero-order chi connectivity index (χ0) is 29.3. The summed E-state index contributed by atoms with van der Waals surface area (Å²) in [6.45, 7) is 4.97. The number of carbonyl (C=O) groups is 2. The number of benzene rings is 3. The van der Waals surface area contributed by atoms with E-state index >= 15 is 0 Å². The average Bonchev–Trinajstić information content (AvgIpc) is 3.30. The quantitative estimate of drug-likeness (QED) is 0.274. The highest BCUT2D eigenvalue weighted by molar-refractivity contribution is 5.97. The maximum Gasteiger partial charge on any atom is 0.416 e. The lowest BCUT2D eigenvalue weighted by Crippen LogP contribution is -2.51. The number of alkyl halides is 3. The van der Waals surface area contributed by atoms with E-state index in [1.54, 1.807) is 17.0 Å². The zero-order valence-corrected chi connectivity index (χ0v) is 22.5. The van der Waals surface area contributed by atoms with E-state index in [-0.39, 0.29) is 30.5 Å². The fourth-order valence-electron chi connectivity index (χ4n) is 4.91. The molecule has 0 saturated carbocycles. The molecule has 41 heavy (non-hydrogen) atoms. The summed E-state index contributed by atoms with van der Waals surface area (Å²) in [7, 11) is 0. The van der Waals surface area contributed by atoms with Crippen LogP contribution in [0.2, 0.25) is 0 Å². The topological polar surface area (TPSA) is 57.6 Å². The Morgan fingerprint density at radius 1 is 0.780 bits per heavy atom. The second kappa shape index (κ2) is 11.1. The molecule has 212 valence electrons. The third kappa shape index (κ3) is 5.96. The summed E-state index contributed by atoms with van der Waals surface area (Å²) in [4.78, 5) is 29.6. The van der Waals surface area contributed by atoms with Gasteiger partial charge in [0.25, 0.3) is 5.91 Å². The summed E-state index contributed by atoms with van der Waals surface area (Å²) < 4.78 is 54.0. The second-order valence-electron chi connectivity index (χ2n) is 9.99. The normalized spacial score (nSPS) is 13.8. The van der Waals surface area contributed by atoms with Gasteiger partial charge in [0.05, 0.1) is 16.8 Å². The number of aromatic nitrogens is 1. The van der Waals surface area contributed by atoms with E-state index in [0.717, 1.165) is 40.3 Å². The molecule has 0 spiro atoms. The van der Waals surface area contributed by atoms with Gasteiger partial charge in [-0.2, -0.15) is 13.2 Å². The molecule has 1 N–H and O–H groups in total. The first-order valence-corrected chi connectivity index (χ1v) is 13.1. The highest BCUT2D eigenvalue weighted by atomic mass is 19.4. The van der Waals surface area contributed by atoms with Crippen LogP contribution >= 0.6 is 0 Å². The SMILES string of the molecule is Cc1ccc(-n2c(-c3ccc(F)cc3)cc(C(=O)N3CCN(C(=O)Nc4ccc(C(F)(F)F)cc4)CC3)c2C)cc1. The van der Waals surface area contributed by atoms with E-state index in [2.05, 4.69) is 5.32 Å². The standard InChI is InChI=1S/C31H28F4N4O2/c1-20-3-13-26(14-4-20)39-21(2)27(19-28(39)22-5-9-24(32)10-6-22)29(40)37-15-17-38(18-16-37)30(41)36-25-11-7-23(8-12-25)31(33,34)35/h3-14,19H,15-18H2,1-2H3,(H,36,41). The van der Waals surface area contributed by atoms with Crippen LogP contribution in [-0.2, 0) is 6.18 Å². The number of piperazine rings is 1. The monoisotopic (exact) mass is 564 g/mol. The van der Waals surface area contributed by atoms with Crippen LogP contribution in [0.25, 0.3) is 16.9 Å². The maximum atomic E-state index is 13.7. The molecular weight excluding hydrogens is 536 g/mol. The summed E-state index contributed by atoms with van der Waals surface area (Å²) in [6.07, 6.45) is -4.45. The number of urea groups is 1. The van der Waals surface area contributed by atoms with E-state index in [1.165, 1.54) is 29.2 Å². The molecule has 1 saturated heterocycles. The van der Waals surface area contributed by atoms with E-state index in [4.69, 9.17) is 0 Å². The van der Waals surface area contributed by atoms with Crippen LogP contribution in [0.5, 0.6) is 0 Å². The van der Waals surface area contributed by atoms with Gasteiger partial charge in [0.15, 0.2) is 0 Å². The minimum absolute atomic E-state index is 0.181. The number of hydrogen-bond donors (Lipinski definition) is 1. The molecule has 2 heterocycles. The Balaban J connectivity index is 1.31.